The minimum Gasteiger partial charge on any atom is -0.288 e. The molecule has 0 atom stereocenters. The standard InChI is InChI=1S/C13H9ClF2N2O2/c1-7-5-11(19)10(6-12(14)20)17-18(7)13-8(15)3-2-4-9(13)16/h2-5H,6H2,1H3. The van der Waals surface area contributed by atoms with Gasteiger partial charge in [0.25, 0.3) is 0 Å². The van der Waals surface area contributed by atoms with E-state index in [0.717, 1.165) is 22.9 Å². The Hall–Kier alpha value is -2.08. The first-order valence-corrected chi connectivity index (χ1v) is 6.00. The monoisotopic (exact) mass is 298 g/mol. The van der Waals surface area contributed by atoms with Crippen molar-refractivity contribution in [1.82, 2.24) is 9.78 Å². The van der Waals surface area contributed by atoms with Crippen LogP contribution in [0.25, 0.3) is 5.69 Å². The lowest BCUT2D eigenvalue weighted by molar-refractivity contribution is -0.111. The van der Waals surface area contributed by atoms with Crippen LogP contribution in [0, 0.1) is 18.6 Å². The maximum Gasteiger partial charge on any atom is 0.227 e. The molecule has 0 saturated heterocycles. The molecule has 0 saturated carbocycles. The number of rotatable bonds is 3. The lowest BCUT2D eigenvalue weighted by Gasteiger charge is -2.12. The molecule has 1 aromatic heterocycles. The van der Waals surface area contributed by atoms with Crippen molar-refractivity contribution in [3.05, 3.63) is 57.5 Å². The average molecular weight is 299 g/mol. The number of benzene rings is 1. The van der Waals surface area contributed by atoms with Crippen LogP contribution in [0.5, 0.6) is 0 Å². The summed E-state index contributed by atoms with van der Waals surface area (Å²) in [5, 5.41) is 3.04. The number of hydrogen-bond acceptors (Lipinski definition) is 3. The average Bonchev–Trinajstić information content (AvgIpc) is 2.33. The number of aromatic nitrogens is 2. The number of aryl methyl sites for hydroxylation is 1. The molecule has 0 N–H and O–H groups in total. The van der Waals surface area contributed by atoms with Gasteiger partial charge in [-0.2, -0.15) is 5.10 Å². The van der Waals surface area contributed by atoms with Gasteiger partial charge in [0.2, 0.25) is 10.7 Å². The first kappa shape index (κ1) is 14.3. The number of para-hydroxylation sites is 1. The Balaban J connectivity index is 2.68. The normalized spacial score (nSPS) is 10.6. The first-order chi connectivity index (χ1) is 9.40. The van der Waals surface area contributed by atoms with Gasteiger partial charge in [-0.3, -0.25) is 9.59 Å². The van der Waals surface area contributed by atoms with E-state index in [1.807, 2.05) is 0 Å². The van der Waals surface area contributed by atoms with Gasteiger partial charge in [0.05, 0.1) is 6.42 Å². The van der Waals surface area contributed by atoms with E-state index in [1.165, 1.54) is 13.0 Å². The number of carbonyl (C=O) groups is 1. The van der Waals surface area contributed by atoms with Crippen molar-refractivity contribution in [1.29, 1.82) is 0 Å². The van der Waals surface area contributed by atoms with Crippen LogP contribution in [0.3, 0.4) is 0 Å². The third kappa shape index (κ3) is 2.75. The number of nitrogens with zero attached hydrogens (tertiary/aromatic N) is 2. The molecule has 0 spiro atoms. The fraction of sp³-hybridized carbons (Fsp3) is 0.154. The summed E-state index contributed by atoms with van der Waals surface area (Å²) >= 11 is 5.21. The second kappa shape index (κ2) is 5.50. The summed E-state index contributed by atoms with van der Waals surface area (Å²) in [6, 6.07) is 4.51. The molecule has 0 unspecified atom stereocenters. The SMILES string of the molecule is Cc1cc(=O)c(CC(=O)Cl)nn1-c1c(F)cccc1F. The quantitative estimate of drug-likeness (QED) is 0.816. The van der Waals surface area contributed by atoms with Crippen LogP contribution in [0.15, 0.2) is 29.1 Å². The van der Waals surface area contributed by atoms with Gasteiger partial charge < -0.3 is 0 Å². The van der Waals surface area contributed by atoms with Gasteiger partial charge in [0.1, 0.15) is 11.4 Å². The molecule has 2 aromatic rings. The molecule has 7 heteroatoms. The second-order valence-electron chi connectivity index (χ2n) is 4.11. The topological polar surface area (TPSA) is 52.0 Å². The summed E-state index contributed by atoms with van der Waals surface area (Å²) in [7, 11) is 0. The van der Waals surface area contributed by atoms with E-state index in [1.54, 1.807) is 0 Å². The molecule has 0 bridgehead atoms. The zero-order chi connectivity index (χ0) is 14.9. The van der Waals surface area contributed by atoms with Crippen LogP contribution in [-0.4, -0.2) is 15.0 Å². The fourth-order valence-corrected chi connectivity index (χ4v) is 1.88. The van der Waals surface area contributed by atoms with Crippen LogP contribution < -0.4 is 5.43 Å². The summed E-state index contributed by atoms with van der Waals surface area (Å²) in [4.78, 5) is 22.5. The van der Waals surface area contributed by atoms with Crippen molar-refractivity contribution in [2.75, 3.05) is 0 Å². The molecule has 0 aliphatic rings. The van der Waals surface area contributed by atoms with E-state index < -0.39 is 34.4 Å². The van der Waals surface area contributed by atoms with Crippen molar-refractivity contribution in [3.63, 3.8) is 0 Å². The Labute approximate surface area is 117 Å². The zero-order valence-corrected chi connectivity index (χ0v) is 11.1. The highest BCUT2D eigenvalue weighted by atomic mass is 35.5. The second-order valence-corrected chi connectivity index (χ2v) is 4.53. The third-order valence-electron chi connectivity index (χ3n) is 2.63. The van der Waals surface area contributed by atoms with Crippen molar-refractivity contribution in [2.24, 2.45) is 0 Å². The largest absolute Gasteiger partial charge is 0.288 e. The van der Waals surface area contributed by atoms with E-state index >= 15 is 0 Å². The highest BCUT2D eigenvalue weighted by molar-refractivity contribution is 6.63. The number of halogens is 3. The van der Waals surface area contributed by atoms with E-state index in [2.05, 4.69) is 5.10 Å². The van der Waals surface area contributed by atoms with Crippen molar-refractivity contribution in [3.8, 4) is 5.69 Å². The smallest absolute Gasteiger partial charge is 0.227 e. The Morgan fingerprint density at radius 3 is 2.50 bits per heavy atom. The number of carbonyl (C=O) groups excluding carboxylic acids is 1. The molecule has 0 aliphatic carbocycles. The molecule has 0 amide bonds. The Morgan fingerprint density at radius 1 is 1.35 bits per heavy atom. The number of hydrogen-bond donors (Lipinski definition) is 0. The van der Waals surface area contributed by atoms with Crippen LogP contribution in [0.1, 0.15) is 11.4 Å². The van der Waals surface area contributed by atoms with Crippen LogP contribution >= 0.6 is 11.6 Å². The maximum atomic E-state index is 13.7. The van der Waals surface area contributed by atoms with E-state index in [9.17, 15) is 18.4 Å². The highest BCUT2D eigenvalue weighted by Crippen LogP contribution is 2.17. The predicted molar refractivity (Wildman–Crippen MR) is 69.1 cm³/mol. The van der Waals surface area contributed by atoms with Gasteiger partial charge >= 0.3 is 0 Å². The minimum absolute atomic E-state index is 0.168. The van der Waals surface area contributed by atoms with Gasteiger partial charge in [0.15, 0.2) is 11.6 Å². The van der Waals surface area contributed by atoms with Gasteiger partial charge in [0, 0.05) is 11.8 Å². The molecule has 0 fully saturated rings. The fourth-order valence-electron chi connectivity index (χ4n) is 1.75. The Kier molecular flexibility index (Phi) is 3.94. The van der Waals surface area contributed by atoms with Crippen LogP contribution in [-0.2, 0) is 11.2 Å². The highest BCUT2D eigenvalue weighted by Gasteiger charge is 2.16. The maximum absolute atomic E-state index is 13.7. The van der Waals surface area contributed by atoms with Crippen molar-refractivity contribution >= 4 is 16.8 Å². The molecule has 0 aliphatic heterocycles. The summed E-state index contributed by atoms with van der Waals surface area (Å²) in [6.45, 7) is 1.48. The van der Waals surface area contributed by atoms with Gasteiger partial charge in [-0.1, -0.05) is 6.07 Å². The zero-order valence-electron chi connectivity index (χ0n) is 10.4. The lowest BCUT2D eigenvalue weighted by Crippen LogP contribution is -2.21. The van der Waals surface area contributed by atoms with Crippen molar-refractivity contribution in [2.45, 2.75) is 13.3 Å². The summed E-state index contributed by atoms with van der Waals surface area (Å²) < 4.78 is 28.4. The lowest BCUT2D eigenvalue weighted by atomic mass is 10.2. The molecule has 0 radical (unpaired) electrons. The summed E-state index contributed by atoms with van der Waals surface area (Å²) in [6.07, 6.45) is -0.406. The molecule has 1 heterocycles. The van der Waals surface area contributed by atoms with E-state index in [-0.39, 0.29) is 11.4 Å². The van der Waals surface area contributed by atoms with Crippen molar-refractivity contribution < 1.29 is 13.6 Å². The van der Waals surface area contributed by atoms with Gasteiger partial charge in [-0.05, 0) is 30.7 Å². The molecular weight excluding hydrogens is 290 g/mol. The third-order valence-corrected chi connectivity index (χ3v) is 2.77. The molecule has 20 heavy (non-hydrogen) atoms. The minimum atomic E-state index is -0.826. The van der Waals surface area contributed by atoms with Crippen LogP contribution in [0.4, 0.5) is 8.78 Å². The Morgan fingerprint density at radius 2 is 1.95 bits per heavy atom. The molecule has 104 valence electrons. The molecule has 2 rings (SSSR count). The van der Waals surface area contributed by atoms with E-state index in [0.29, 0.717) is 0 Å². The van der Waals surface area contributed by atoms with Gasteiger partial charge in [-0.25, -0.2) is 13.5 Å². The molecule has 1 aromatic carbocycles. The Bertz CT molecular complexity index is 723. The summed E-state index contributed by atoms with van der Waals surface area (Å²) in [5.41, 5.74) is -0.846. The predicted octanol–water partition coefficient (Wildman–Crippen LogP) is 2.13. The van der Waals surface area contributed by atoms with Gasteiger partial charge in [-0.15, -0.1) is 0 Å². The summed E-state index contributed by atoms with van der Waals surface area (Å²) in [5.74, 6) is -1.65. The van der Waals surface area contributed by atoms with E-state index in [4.69, 9.17) is 11.6 Å². The molecule has 4 nitrogen and oxygen atoms in total. The van der Waals surface area contributed by atoms with Crippen LogP contribution in [0.2, 0.25) is 0 Å². The molecular formula is C13H9ClF2N2O2. The first-order valence-electron chi connectivity index (χ1n) is 5.62.